The van der Waals surface area contributed by atoms with Crippen molar-refractivity contribution in [3.8, 4) is 28.3 Å². The van der Waals surface area contributed by atoms with Crippen molar-refractivity contribution < 1.29 is 25.9 Å². The molecule has 0 saturated carbocycles. The van der Waals surface area contributed by atoms with Crippen LogP contribution in [0.25, 0.3) is 61.4 Å². The molecule has 0 aliphatic carbocycles. The number of benzene rings is 4. The first-order valence-corrected chi connectivity index (χ1v) is 25.2. The largest absolute Gasteiger partial charge is 0 e. The summed E-state index contributed by atoms with van der Waals surface area (Å²) in [7, 11) is 0. The Morgan fingerprint density at radius 3 is 2.25 bits per heavy atom. The molecule has 271 valence electrons. The Labute approximate surface area is 331 Å². The van der Waals surface area contributed by atoms with Gasteiger partial charge >= 0.3 is 120 Å². The monoisotopic (exact) mass is 938 g/mol. The minimum Gasteiger partial charge on any atom is 0 e. The summed E-state index contributed by atoms with van der Waals surface area (Å²) in [6.45, 7) is 12.6. The minimum atomic E-state index is -2.03. The SMILES string of the molecule is Cc1ccc2c(n1)oc1c(-c3nc4ccccc4n3-c3ccc(C(C)(C)C)cc3)[c-]ccc12.[2H]C(C)(C)c1cc(-c2[c-]cccc2)nc[c]1[Ge]([CH3])([CH3])[CH3].[Ir]. The van der Waals surface area contributed by atoms with Gasteiger partial charge in [-0.3, -0.25) is 4.98 Å². The second-order valence-electron chi connectivity index (χ2n) is 15.7. The molecular weight excluding hydrogens is 889 g/mol. The molecule has 7 heteroatoms. The number of fused-ring (bicyclic) bond motifs is 4. The molecule has 53 heavy (non-hydrogen) atoms. The van der Waals surface area contributed by atoms with Crippen molar-refractivity contribution in [3.63, 3.8) is 0 Å². The van der Waals surface area contributed by atoms with Gasteiger partial charge in [0.1, 0.15) is 0 Å². The van der Waals surface area contributed by atoms with Gasteiger partial charge in [-0.2, -0.15) is 0 Å². The van der Waals surface area contributed by atoms with E-state index in [2.05, 4.69) is 107 Å². The van der Waals surface area contributed by atoms with Crippen LogP contribution in [0.1, 0.15) is 58.7 Å². The number of hydrogen-bond acceptors (Lipinski definition) is 4. The molecule has 0 atom stereocenters. The zero-order valence-electron chi connectivity index (χ0n) is 32.9. The van der Waals surface area contributed by atoms with Gasteiger partial charge in [-0.05, 0) is 54.3 Å². The van der Waals surface area contributed by atoms with Crippen molar-refractivity contribution in [2.75, 3.05) is 0 Å². The third-order valence-electron chi connectivity index (χ3n) is 9.45. The van der Waals surface area contributed by atoms with E-state index < -0.39 is 19.2 Å². The molecule has 0 fully saturated rings. The van der Waals surface area contributed by atoms with Crippen LogP contribution in [0.2, 0.25) is 17.3 Å². The second kappa shape index (κ2) is 15.2. The molecule has 0 N–H and O–H groups in total. The van der Waals surface area contributed by atoms with Gasteiger partial charge in [-0.15, -0.1) is 18.2 Å². The van der Waals surface area contributed by atoms with Crippen LogP contribution in [-0.2, 0) is 25.5 Å². The van der Waals surface area contributed by atoms with Crippen LogP contribution in [0.3, 0.4) is 0 Å². The third-order valence-corrected chi connectivity index (χ3v) is 13.7. The first-order valence-electron chi connectivity index (χ1n) is 18.4. The van der Waals surface area contributed by atoms with Gasteiger partial charge < -0.3 is 8.98 Å². The van der Waals surface area contributed by atoms with Crippen LogP contribution in [0.15, 0.2) is 114 Å². The van der Waals surface area contributed by atoms with E-state index in [1.807, 2.05) is 87.6 Å². The number of furan rings is 1. The molecule has 0 amide bonds. The smallest absolute Gasteiger partial charge is 0 e. The Bertz CT molecular complexity index is 2570. The Morgan fingerprint density at radius 2 is 1.57 bits per heavy atom. The number of nitrogens with zero attached hydrogens (tertiary/aromatic N) is 4. The fourth-order valence-corrected chi connectivity index (χ4v) is 9.93. The van der Waals surface area contributed by atoms with E-state index in [0.717, 1.165) is 67.0 Å². The van der Waals surface area contributed by atoms with E-state index >= 15 is 0 Å². The van der Waals surface area contributed by atoms with Crippen molar-refractivity contribution >= 4 is 50.8 Å². The Kier molecular flexibility index (Phi) is 10.6. The molecule has 1 radical (unpaired) electrons. The minimum absolute atomic E-state index is 0. The fraction of sp³-hybridized carbons (Fsp3) is 0.239. The van der Waals surface area contributed by atoms with Crippen molar-refractivity contribution in [3.05, 3.63) is 138 Å². The van der Waals surface area contributed by atoms with Crippen LogP contribution in [0, 0.1) is 19.1 Å². The summed E-state index contributed by atoms with van der Waals surface area (Å²) in [5.41, 5.74) is 10.6. The van der Waals surface area contributed by atoms with E-state index in [4.69, 9.17) is 10.8 Å². The topological polar surface area (TPSA) is 56.7 Å². The van der Waals surface area contributed by atoms with Gasteiger partial charge in [0, 0.05) is 36.9 Å². The summed E-state index contributed by atoms with van der Waals surface area (Å²) in [6.07, 6.45) is 2.00. The molecule has 0 unspecified atom stereocenters. The van der Waals surface area contributed by atoms with Gasteiger partial charge in [-0.25, -0.2) is 4.98 Å². The number of imidazole rings is 1. The van der Waals surface area contributed by atoms with Crippen LogP contribution < -0.4 is 4.40 Å². The molecule has 4 aromatic heterocycles. The predicted molar refractivity (Wildman–Crippen MR) is 219 cm³/mol. The number of pyridine rings is 2. The molecular formula is C46H46GeIrN4O-2. The maximum absolute atomic E-state index is 8.44. The van der Waals surface area contributed by atoms with E-state index in [1.54, 1.807) is 0 Å². The van der Waals surface area contributed by atoms with Crippen LogP contribution in [0.4, 0.5) is 0 Å². The van der Waals surface area contributed by atoms with E-state index in [0.29, 0.717) is 5.71 Å². The van der Waals surface area contributed by atoms with Crippen LogP contribution in [-0.4, -0.2) is 32.8 Å². The second-order valence-corrected chi connectivity index (χ2v) is 26.3. The number of rotatable bonds is 5. The van der Waals surface area contributed by atoms with Crippen molar-refractivity contribution in [2.45, 2.75) is 70.1 Å². The van der Waals surface area contributed by atoms with Crippen LogP contribution in [0.5, 0.6) is 0 Å². The Morgan fingerprint density at radius 1 is 0.830 bits per heavy atom. The van der Waals surface area contributed by atoms with Gasteiger partial charge in [0.2, 0.25) is 5.71 Å². The van der Waals surface area contributed by atoms with Gasteiger partial charge in [0.15, 0.2) is 0 Å². The fourth-order valence-electron chi connectivity index (χ4n) is 6.61. The number of aromatic nitrogens is 4. The molecule has 5 nitrogen and oxygen atoms in total. The predicted octanol–water partition coefficient (Wildman–Crippen LogP) is 11.6. The van der Waals surface area contributed by atoms with Crippen LogP contribution >= 0.6 is 0 Å². The maximum atomic E-state index is 8.44. The van der Waals surface area contributed by atoms with E-state index in [1.165, 1.54) is 9.96 Å². The first-order chi connectivity index (χ1) is 25.1. The van der Waals surface area contributed by atoms with E-state index in [-0.39, 0.29) is 25.5 Å². The average molecular weight is 937 g/mol. The number of hydrogen-bond donors (Lipinski definition) is 0. The van der Waals surface area contributed by atoms with Crippen molar-refractivity contribution in [1.29, 1.82) is 0 Å². The summed E-state index contributed by atoms with van der Waals surface area (Å²) in [4.78, 5) is 14.2. The normalized spacial score (nSPS) is 12.4. The van der Waals surface area contributed by atoms with Gasteiger partial charge in [0.05, 0.1) is 22.4 Å². The molecule has 8 rings (SSSR count). The summed E-state index contributed by atoms with van der Waals surface area (Å²) >= 11 is -2.03. The molecule has 0 bridgehead atoms. The van der Waals surface area contributed by atoms with E-state index in [9.17, 15) is 0 Å². The maximum Gasteiger partial charge on any atom is 0 e. The molecule has 8 aromatic rings. The average Bonchev–Trinajstić information content (AvgIpc) is 3.69. The van der Waals surface area contributed by atoms with Crippen molar-refractivity contribution in [1.82, 2.24) is 19.5 Å². The van der Waals surface area contributed by atoms with Crippen molar-refractivity contribution in [2.24, 2.45) is 0 Å². The zero-order chi connectivity index (χ0) is 37.7. The molecule has 0 aliphatic rings. The number of aryl methyl sites for hydroxylation is 1. The quantitative estimate of drug-likeness (QED) is 0.127. The molecule has 0 aliphatic heterocycles. The zero-order valence-corrected chi connectivity index (χ0v) is 36.4. The summed E-state index contributed by atoms with van der Waals surface area (Å²) in [6, 6.07) is 41.6. The third kappa shape index (κ3) is 7.82. The Hall–Kier alpha value is -4.36. The first kappa shape index (κ1) is 37.0. The molecule has 4 aromatic carbocycles. The summed E-state index contributed by atoms with van der Waals surface area (Å²) < 4.78 is 18.2. The molecule has 4 heterocycles. The number of para-hydroxylation sites is 2. The summed E-state index contributed by atoms with van der Waals surface area (Å²) in [5.74, 6) is 7.25. The van der Waals surface area contributed by atoms with Gasteiger partial charge in [0.25, 0.3) is 0 Å². The van der Waals surface area contributed by atoms with Gasteiger partial charge in [-0.1, -0.05) is 56.0 Å². The Balaban J connectivity index is 0.000000205. The molecule has 0 saturated heterocycles. The molecule has 0 spiro atoms. The standard InChI is InChI=1S/C29H24N3O.C17H22GeN.Ir/c1-18-12-17-22-21-8-7-9-23(26(21)33-28(22)30-18)27-31-24-10-5-6-11-25(24)32(27)20-15-13-19(14-16-20)29(2,3)4;1-13(2)15-11-17(14-9-7-6-8-10-14)19-12-16(15)18(3,4)5;/h5-8,10-17H,1-4H3;6-9,11-13H,1-5H3;/q2*-1;/i;13D;. The summed E-state index contributed by atoms with van der Waals surface area (Å²) in [5, 5.41) is 2.02.